The first-order valence-electron chi connectivity index (χ1n) is 2.11. The van der Waals surface area contributed by atoms with Crippen LogP contribution in [-0.4, -0.2) is 17.1 Å². The van der Waals surface area contributed by atoms with Crippen LogP contribution in [-0.2, 0) is 14.1 Å². The quantitative estimate of drug-likeness (QED) is 0.324. The minimum atomic E-state index is -3.57. The van der Waals surface area contributed by atoms with Crippen molar-refractivity contribution in [2.75, 3.05) is 6.66 Å². The van der Waals surface area contributed by atoms with E-state index in [1.807, 2.05) is 0 Å². The molecular weight excluding hydrogens is 131 g/mol. The molecule has 1 N–H and O–H groups in total. The molecule has 0 spiro atoms. The molecule has 4 nitrogen and oxygen atoms in total. The summed E-state index contributed by atoms with van der Waals surface area (Å²) in [5.74, 6) is 0. The molecule has 1 rings (SSSR count). The van der Waals surface area contributed by atoms with Gasteiger partial charge in [0.15, 0.2) is 0 Å². The van der Waals surface area contributed by atoms with Crippen molar-refractivity contribution in [3.8, 4) is 0 Å². The summed E-state index contributed by atoms with van der Waals surface area (Å²) in [6, 6.07) is 0. The fraction of sp³-hybridized carbons (Fsp3) is 0.667. The number of hydrogen-bond donors (Lipinski definition) is 1. The van der Waals surface area contributed by atoms with Gasteiger partial charge in [-0.15, -0.1) is 0 Å². The summed E-state index contributed by atoms with van der Waals surface area (Å²) in [6.45, 7) is 2.53. The second-order valence-electron chi connectivity index (χ2n) is 1.98. The van der Waals surface area contributed by atoms with Crippen molar-refractivity contribution in [3.63, 3.8) is 0 Å². The van der Waals surface area contributed by atoms with E-state index >= 15 is 0 Å². The van der Waals surface area contributed by atoms with Crippen LogP contribution in [0, 0.1) is 0 Å². The molecule has 1 heterocycles. The van der Waals surface area contributed by atoms with Gasteiger partial charge in [-0.25, -0.2) is 0 Å². The van der Waals surface area contributed by atoms with Crippen LogP contribution < -0.4 is 0 Å². The third-order valence-corrected chi connectivity index (χ3v) is 3.23. The number of rotatable bonds is 1. The Hall–Kier alpha value is -0.0200. The number of hydrogen-bond acceptors (Lipinski definition) is 4. The van der Waals surface area contributed by atoms with Gasteiger partial charge in [-0.2, -0.15) is 0 Å². The summed E-state index contributed by atoms with van der Waals surface area (Å²) in [5.41, 5.74) is -0.420. The zero-order chi connectivity index (χ0) is 6.44. The molecule has 0 aromatic rings. The van der Waals surface area contributed by atoms with Gasteiger partial charge in [-0.1, -0.05) is 0 Å². The molecule has 0 saturated carbocycles. The molecule has 0 amide bonds. The Morgan fingerprint density at radius 2 is 2.00 bits per heavy atom. The molecule has 8 heavy (non-hydrogen) atoms. The van der Waals surface area contributed by atoms with Gasteiger partial charge in [0.25, 0.3) is 0 Å². The molecular formula is C3H7O4P. The van der Waals surface area contributed by atoms with Crippen LogP contribution in [0.4, 0.5) is 0 Å². The first kappa shape index (κ1) is 6.11. The Bertz CT molecular complexity index is 143. The van der Waals surface area contributed by atoms with Crippen molar-refractivity contribution in [3.05, 3.63) is 0 Å². The van der Waals surface area contributed by atoms with E-state index in [0.29, 0.717) is 0 Å². The fourth-order valence-corrected chi connectivity index (χ4v) is 0.899. The summed E-state index contributed by atoms with van der Waals surface area (Å²) in [5, 5.41) is 0. The first-order valence-corrected chi connectivity index (χ1v) is 4.58. The third kappa shape index (κ3) is 0.661. The minimum absolute atomic E-state index is 0.420. The zero-order valence-electron chi connectivity index (χ0n) is 4.62. The van der Waals surface area contributed by atoms with E-state index in [1.165, 1.54) is 13.6 Å². The van der Waals surface area contributed by atoms with E-state index in [2.05, 4.69) is 9.35 Å². The first-order chi connectivity index (χ1) is 3.44. The Morgan fingerprint density at radius 1 is 1.62 bits per heavy atom. The van der Waals surface area contributed by atoms with Gasteiger partial charge in [0.2, 0.25) is 0 Å². The van der Waals surface area contributed by atoms with Gasteiger partial charge >= 0.3 is 45.4 Å². The van der Waals surface area contributed by atoms with Crippen LogP contribution in [0.5, 0.6) is 0 Å². The van der Waals surface area contributed by atoms with Gasteiger partial charge in [0.05, 0.1) is 0 Å². The molecule has 48 valence electrons. The van der Waals surface area contributed by atoms with Crippen molar-refractivity contribution < 1.29 is 19.0 Å². The molecule has 1 aliphatic heterocycles. The Morgan fingerprint density at radius 3 is 2.00 bits per heavy atom. The summed E-state index contributed by atoms with van der Waals surface area (Å²) in [4.78, 5) is 19.4. The van der Waals surface area contributed by atoms with Gasteiger partial charge in [0, 0.05) is 0 Å². The van der Waals surface area contributed by atoms with Crippen molar-refractivity contribution in [2.24, 2.45) is 0 Å². The average Bonchev–Trinajstić information content (AvgIpc) is 2.18. The van der Waals surface area contributed by atoms with Gasteiger partial charge in [-0.3, -0.25) is 0 Å². The maximum absolute atomic E-state index is 10.4. The molecule has 0 aromatic heterocycles. The van der Waals surface area contributed by atoms with Crippen LogP contribution >= 0.6 is 7.28 Å². The number of carbonyl (C=O) groups excluding carboxylic acids is 1. The molecule has 0 unspecified atom stereocenters. The van der Waals surface area contributed by atoms with E-state index in [9.17, 15) is 4.79 Å². The van der Waals surface area contributed by atoms with E-state index in [0.717, 1.165) is 0 Å². The standard InChI is InChI=1S/C3H7O4P/c1-3(4)8(2,5)6-7-8/h5H,1-2H3. The van der Waals surface area contributed by atoms with E-state index in [-0.39, 0.29) is 0 Å². The van der Waals surface area contributed by atoms with Gasteiger partial charge < -0.3 is 0 Å². The summed E-state index contributed by atoms with van der Waals surface area (Å²) >= 11 is 0. The zero-order valence-corrected chi connectivity index (χ0v) is 5.51. The predicted molar refractivity (Wildman–Crippen MR) is 27.9 cm³/mol. The van der Waals surface area contributed by atoms with Crippen LogP contribution in [0.1, 0.15) is 6.92 Å². The SMILES string of the molecule is CC(=O)P1(C)(O)OO1. The van der Waals surface area contributed by atoms with E-state index < -0.39 is 12.8 Å². The van der Waals surface area contributed by atoms with Gasteiger partial charge in [-0.05, 0) is 0 Å². The third-order valence-electron chi connectivity index (χ3n) is 1.08. The molecule has 0 bridgehead atoms. The molecule has 0 aromatic carbocycles. The van der Waals surface area contributed by atoms with E-state index in [4.69, 9.17) is 4.89 Å². The molecule has 5 heteroatoms. The number of carbonyl (C=O) groups is 1. The molecule has 1 saturated heterocycles. The topological polar surface area (TPSA) is 62.4 Å². The van der Waals surface area contributed by atoms with Crippen molar-refractivity contribution >= 4 is 12.8 Å². The Balaban J connectivity index is 2.83. The van der Waals surface area contributed by atoms with Crippen LogP contribution in [0.3, 0.4) is 0 Å². The van der Waals surface area contributed by atoms with Crippen molar-refractivity contribution in [1.29, 1.82) is 0 Å². The second-order valence-corrected chi connectivity index (χ2v) is 5.52. The summed E-state index contributed by atoms with van der Waals surface area (Å²) in [7, 11) is -3.57. The molecule has 1 fully saturated rings. The Kier molecular flexibility index (Phi) is 0.849. The monoisotopic (exact) mass is 138 g/mol. The van der Waals surface area contributed by atoms with Gasteiger partial charge in [0.1, 0.15) is 0 Å². The van der Waals surface area contributed by atoms with Crippen molar-refractivity contribution in [1.82, 2.24) is 0 Å². The second kappa shape index (κ2) is 1.11. The Labute approximate surface area is 46.5 Å². The van der Waals surface area contributed by atoms with Crippen LogP contribution in [0.15, 0.2) is 0 Å². The molecule has 0 aliphatic carbocycles. The maximum atomic E-state index is 10.4. The van der Waals surface area contributed by atoms with Crippen LogP contribution in [0.25, 0.3) is 0 Å². The molecule has 0 atom stereocenters. The normalized spacial score (nSPS) is 34.6. The summed E-state index contributed by atoms with van der Waals surface area (Å²) in [6.07, 6.45) is 0. The predicted octanol–water partition coefficient (Wildman–Crippen LogP) is 0.415. The van der Waals surface area contributed by atoms with Crippen molar-refractivity contribution in [2.45, 2.75) is 6.92 Å². The van der Waals surface area contributed by atoms with Crippen LogP contribution in [0.2, 0.25) is 0 Å². The molecule has 0 radical (unpaired) electrons. The summed E-state index contributed by atoms with van der Waals surface area (Å²) < 4.78 is 8.36. The molecule has 1 aliphatic rings. The fourth-order valence-electron chi connectivity index (χ4n) is 0.170. The van der Waals surface area contributed by atoms with E-state index in [1.54, 1.807) is 0 Å². The average molecular weight is 138 g/mol.